The fourth-order valence-electron chi connectivity index (χ4n) is 5.03. The fraction of sp³-hybridized carbons (Fsp3) is 0.414. The molecule has 5 rings (SSSR count). The first-order chi connectivity index (χ1) is 19.0. The van der Waals surface area contributed by atoms with Crippen LogP contribution in [0.2, 0.25) is 0 Å². The number of rotatable bonds is 6. The normalized spacial score (nSPS) is 19.4. The van der Waals surface area contributed by atoms with Gasteiger partial charge in [0.2, 0.25) is 11.8 Å². The van der Waals surface area contributed by atoms with E-state index in [4.69, 9.17) is 9.84 Å². The molecule has 11 heteroatoms. The summed E-state index contributed by atoms with van der Waals surface area (Å²) in [6.45, 7) is 6.51. The van der Waals surface area contributed by atoms with E-state index in [1.165, 1.54) is 57.7 Å². The van der Waals surface area contributed by atoms with Crippen LogP contribution in [0.1, 0.15) is 55.7 Å². The van der Waals surface area contributed by atoms with Gasteiger partial charge < -0.3 is 10.1 Å². The number of hydrogen-bond donors (Lipinski definition) is 1. The average Bonchev–Trinajstić information content (AvgIpc) is 3.53. The van der Waals surface area contributed by atoms with Crippen LogP contribution in [0.3, 0.4) is 0 Å². The van der Waals surface area contributed by atoms with Gasteiger partial charge in [-0.15, -0.1) is 11.8 Å². The Balaban J connectivity index is 1.66. The van der Waals surface area contributed by atoms with Gasteiger partial charge in [-0.1, -0.05) is 26.8 Å². The molecular weight excluding hydrogens is 541 g/mol. The SMILES string of the molecule is CC(C)(C)c1nn(-c2ccc(F)cc2)c2c1C(c1ccc(F)cc1F)SCC(=O)N2CC(=O)NCC1CCCO1. The van der Waals surface area contributed by atoms with Gasteiger partial charge in [-0.05, 0) is 43.2 Å². The van der Waals surface area contributed by atoms with Crippen molar-refractivity contribution >= 4 is 29.4 Å². The lowest BCUT2D eigenvalue weighted by atomic mass is 9.87. The lowest BCUT2D eigenvalue weighted by Crippen LogP contribution is -2.44. The van der Waals surface area contributed by atoms with Crippen LogP contribution in [0, 0.1) is 17.5 Å². The number of thioether (sulfide) groups is 1. The van der Waals surface area contributed by atoms with E-state index in [0.717, 1.165) is 18.9 Å². The van der Waals surface area contributed by atoms with E-state index >= 15 is 4.39 Å². The Bertz CT molecular complexity index is 1420. The molecule has 2 aliphatic heterocycles. The molecule has 2 aliphatic rings. The Morgan fingerprint density at radius 3 is 2.50 bits per heavy atom. The minimum absolute atomic E-state index is 0.0534. The molecule has 2 amide bonds. The van der Waals surface area contributed by atoms with Gasteiger partial charge in [0.05, 0.1) is 28.5 Å². The molecule has 7 nitrogen and oxygen atoms in total. The van der Waals surface area contributed by atoms with Gasteiger partial charge in [-0.3, -0.25) is 14.5 Å². The number of fused-ring (bicyclic) bond motifs is 1. The van der Waals surface area contributed by atoms with Gasteiger partial charge in [-0.25, -0.2) is 17.9 Å². The first-order valence-corrected chi connectivity index (χ1v) is 14.2. The number of hydrogen-bond acceptors (Lipinski definition) is 5. The highest BCUT2D eigenvalue weighted by molar-refractivity contribution is 8.00. The van der Waals surface area contributed by atoms with Crippen LogP contribution in [0.25, 0.3) is 5.69 Å². The molecule has 1 fully saturated rings. The van der Waals surface area contributed by atoms with Crippen LogP contribution >= 0.6 is 11.8 Å². The van der Waals surface area contributed by atoms with Crippen molar-refractivity contribution < 1.29 is 27.5 Å². The summed E-state index contributed by atoms with van der Waals surface area (Å²) in [5.74, 6) is -2.40. The number of nitrogens with zero attached hydrogens (tertiary/aromatic N) is 3. The Labute approximate surface area is 235 Å². The molecule has 2 unspecified atom stereocenters. The van der Waals surface area contributed by atoms with Crippen molar-refractivity contribution in [3.63, 3.8) is 0 Å². The fourth-order valence-corrected chi connectivity index (χ4v) is 6.25. The summed E-state index contributed by atoms with van der Waals surface area (Å²) in [5, 5.41) is 7.01. The smallest absolute Gasteiger partial charge is 0.240 e. The molecule has 0 radical (unpaired) electrons. The van der Waals surface area contributed by atoms with E-state index in [-0.39, 0.29) is 35.8 Å². The van der Waals surface area contributed by atoms with Crippen molar-refractivity contribution in [2.24, 2.45) is 0 Å². The van der Waals surface area contributed by atoms with E-state index in [1.807, 2.05) is 20.8 Å². The second-order valence-electron chi connectivity index (χ2n) is 11.0. The quantitative estimate of drug-likeness (QED) is 0.448. The molecule has 0 bridgehead atoms. The number of benzene rings is 2. The van der Waals surface area contributed by atoms with Crippen LogP contribution < -0.4 is 10.2 Å². The maximum Gasteiger partial charge on any atom is 0.240 e. The Hall–Kier alpha value is -3.31. The lowest BCUT2D eigenvalue weighted by Gasteiger charge is -2.25. The van der Waals surface area contributed by atoms with E-state index in [2.05, 4.69) is 5.32 Å². The molecule has 40 heavy (non-hydrogen) atoms. The van der Waals surface area contributed by atoms with Crippen molar-refractivity contribution in [1.29, 1.82) is 0 Å². The van der Waals surface area contributed by atoms with Crippen molar-refractivity contribution in [2.45, 2.75) is 50.4 Å². The molecule has 3 aromatic rings. The van der Waals surface area contributed by atoms with Gasteiger partial charge in [0, 0.05) is 35.8 Å². The zero-order valence-corrected chi connectivity index (χ0v) is 23.4. The second kappa shape index (κ2) is 11.3. The number of nitrogens with one attached hydrogen (secondary N) is 1. The summed E-state index contributed by atoms with van der Waals surface area (Å²) in [4.78, 5) is 28.1. The molecule has 3 heterocycles. The van der Waals surface area contributed by atoms with Crippen molar-refractivity contribution in [3.8, 4) is 5.69 Å². The van der Waals surface area contributed by atoms with Crippen molar-refractivity contribution in [2.75, 3.05) is 30.3 Å². The lowest BCUT2D eigenvalue weighted by molar-refractivity contribution is -0.123. The number of halogens is 3. The maximum absolute atomic E-state index is 15.2. The molecule has 1 aromatic heterocycles. The largest absolute Gasteiger partial charge is 0.376 e. The summed E-state index contributed by atoms with van der Waals surface area (Å²) in [6, 6.07) is 9.00. The van der Waals surface area contributed by atoms with E-state index in [9.17, 15) is 18.4 Å². The van der Waals surface area contributed by atoms with E-state index < -0.39 is 28.1 Å². The van der Waals surface area contributed by atoms with Gasteiger partial charge in [-0.2, -0.15) is 5.10 Å². The molecule has 1 N–H and O–H groups in total. The Morgan fingerprint density at radius 2 is 1.85 bits per heavy atom. The molecule has 212 valence electrons. The van der Waals surface area contributed by atoms with E-state index in [1.54, 1.807) is 0 Å². The van der Waals surface area contributed by atoms with E-state index in [0.29, 0.717) is 35.9 Å². The number of aromatic nitrogens is 2. The van der Waals surface area contributed by atoms with Gasteiger partial charge in [0.1, 0.15) is 29.8 Å². The highest BCUT2D eigenvalue weighted by Gasteiger charge is 2.40. The summed E-state index contributed by atoms with van der Waals surface area (Å²) in [7, 11) is 0. The van der Waals surface area contributed by atoms with Gasteiger partial charge in [0.25, 0.3) is 0 Å². The number of carbonyl (C=O) groups excluding carboxylic acids is 2. The third kappa shape index (κ3) is 5.76. The maximum atomic E-state index is 15.2. The summed E-state index contributed by atoms with van der Waals surface area (Å²) in [6.07, 6.45) is 1.71. The predicted octanol–water partition coefficient (Wildman–Crippen LogP) is 5.05. The third-order valence-electron chi connectivity index (χ3n) is 6.97. The topological polar surface area (TPSA) is 76.5 Å². The number of amides is 2. The molecular formula is C29H31F3N4O3S. The standard InChI is InChI=1S/C29H31F3N4O3S/c1-29(2,3)27-25-26(21-11-8-18(31)13-22(21)32)40-16-24(38)35(15-23(37)33-14-20-5-4-12-39-20)28(25)36(34-27)19-9-6-17(30)7-10-19/h6-11,13,20,26H,4-5,12,14-16H2,1-3H3,(H,33,37). The van der Waals surface area contributed by atoms with Crippen LogP contribution in [-0.4, -0.2) is 53.1 Å². The van der Waals surface area contributed by atoms with Gasteiger partial charge >= 0.3 is 0 Å². The van der Waals surface area contributed by atoms with Crippen molar-refractivity contribution in [3.05, 3.63) is 76.7 Å². The summed E-state index contributed by atoms with van der Waals surface area (Å²) in [5.41, 5.74) is 1.23. The average molecular weight is 573 g/mol. The Morgan fingerprint density at radius 1 is 1.12 bits per heavy atom. The third-order valence-corrected chi connectivity index (χ3v) is 8.20. The Kier molecular flexibility index (Phi) is 7.96. The number of carbonyl (C=O) groups is 2. The first kappa shape index (κ1) is 28.2. The summed E-state index contributed by atoms with van der Waals surface area (Å²) < 4.78 is 50.0. The minimum Gasteiger partial charge on any atom is -0.376 e. The molecule has 2 aromatic carbocycles. The second-order valence-corrected chi connectivity index (χ2v) is 12.1. The van der Waals surface area contributed by atoms with Crippen LogP contribution in [0.15, 0.2) is 42.5 Å². The van der Waals surface area contributed by atoms with Crippen LogP contribution in [-0.2, 0) is 19.7 Å². The predicted molar refractivity (Wildman–Crippen MR) is 147 cm³/mol. The summed E-state index contributed by atoms with van der Waals surface area (Å²) >= 11 is 1.20. The van der Waals surface area contributed by atoms with Gasteiger partial charge in [0.15, 0.2) is 0 Å². The van der Waals surface area contributed by atoms with Crippen molar-refractivity contribution in [1.82, 2.24) is 15.1 Å². The molecule has 0 aliphatic carbocycles. The highest BCUT2D eigenvalue weighted by Crippen LogP contribution is 2.49. The highest BCUT2D eigenvalue weighted by atomic mass is 32.2. The van der Waals surface area contributed by atoms with Crippen LogP contribution in [0.5, 0.6) is 0 Å². The molecule has 0 saturated carbocycles. The monoisotopic (exact) mass is 572 g/mol. The van der Waals surface area contributed by atoms with Crippen LogP contribution in [0.4, 0.5) is 19.0 Å². The zero-order chi connectivity index (χ0) is 28.6. The molecule has 1 saturated heterocycles. The molecule has 0 spiro atoms. The first-order valence-electron chi connectivity index (χ1n) is 13.2. The zero-order valence-electron chi connectivity index (χ0n) is 22.5. The minimum atomic E-state index is -0.743. The number of ether oxygens (including phenoxy) is 1. The number of anilines is 1. The molecule has 2 atom stereocenters.